The zero-order chi connectivity index (χ0) is 14.4. The Hall–Kier alpha value is -1.61. The van der Waals surface area contributed by atoms with Gasteiger partial charge in [0.1, 0.15) is 0 Å². The molecule has 1 rings (SSSR count). The second-order valence-corrected chi connectivity index (χ2v) is 4.93. The third-order valence-electron chi connectivity index (χ3n) is 3.60. The second-order valence-electron chi connectivity index (χ2n) is 4.93. The average Bonchev–Trinajstić information content (AvgIpc) is 2.34. The van der Waals surface area contributed by atoms with Crippen molar-refractivity contribution >= 4 is 5.97 Å². The van der Waals surface area contributed by atoms with Crippen molar-refractivity contribution in [3.8, 4) is 0 Å². The van der Waals surface area contributed by atoms with E-state index in [2.05, 4.69) is 39.1 Å². The first kappa shape index (κ1) is 15.4. The van der Waals surface area contributed by atoms with Crippen LogP contribution in [0.1, 0.15) is 27.8 Å². The summed E-state index contributed by atoms with van der Waals surface area (Å²) in [6.45, 7) is 10.1. The van der Waals surface area contributed by atoms with E-state index < -0.39 is 5.97 Å². The van der Waals surface area contributed by atoms with Crippen LogP contribution in [0.3, 0.4) is 0 Å². The fourth-order valence-electron chi connectivity index (χ4n) is 2.23. The van der Waals surface area contributed by atoms with Gasteiger partial charge in [0, 0.05) is 12.6 Å². The zero-order valence-corrected chi connectivity index (χ0v) is 12.2. The molecule has 3 heteroatoms. The highest BCUT2D eigenvalue weighted by Crippen LogP contribution is 2.21. The van der Waals surface area contributed by atoms with Gasteiger partial charge >= 0.3 is 5.97 Å². The molecule has 0 atom stereocenters. The maximum absolute atomic E-state index is 10.3. The molecule has 0 heterocycles. The van der Waals surface area contributed by atoms with Gasteiger partial charge in [0.2, 0.25) is 0 Å². The Bertz CT molecular complexity index is 464. The van der Waals surface area contributed by atoms with Gasteiger partial charge in [-0.25, -0.2) is 4.79 Å². The second kappa shape index (κ2) is 7.10. The largest absolute Gasteiger partial charge is 0.478 e. The number of aryl methyl sites for hydroxylation is 2. The Labute approximate surface area is 115 Å². The molecule has 19 heavy (non-hydrogen) atoms. The fraction of sp³-hybridized carbons (Fsp3) is 0.438. The normalized spacial score (nSPS) is 11.2. The molecule has 1 aromatic carbocycles. The van der Waals surface area contributed by atoms with Crippen molar-refractivity contribution < 1.29 is 9.90 Å². The monoisotopic (exact) mass is 261 g/mol. The minimum absolute atomic E-state index is 0.592. The summed E-state index contributed by atoms with van der Waals surface area (Å²) >= 11 is 0. The van der Waals surface area contributed by atoms with Gasteiger partial charge in [0.05, 0.1) is 0 Å². The topological polar surface area (TPSA) is 49.3 Å². The molecule has 0 bridgehead atoms. The molecular formula is C16H23NO2. The molecule has 0 amide bonds. The zero-order valence-electron chi connectivity index (χ0n) is 12.2. The highest BCUT2D eigenvalue weighted by molar-refractivity contribution is 5.79. The van der Waals surface area contributed by atoms with Crippen molar-refractivity contribution in [1.29, 1.82) is 0 Å². The first-order chi connectivity index (χ1) is 8.93. The van der Waals surface area contributed by atoms with Crippen molar-refractivity contribution in [2.45, 2.75) is 34.1 Å². The van der Waals surface area contributed by atoms with Crippen LogP contribution in [-0.4, -0.2) is 24.2 Å². The van der Waals surface area contributed by atoms with Crippen LogP contribution < -0.4 is 5.32 Å². The summed E-state index contributed by atoms with van der Waals surface area (Å²) < 4.78 is 0. The predicted molar refractivity (Wildman–Crippen MR) is 78.7 cm³/mol. The maximum Gasteiger partial charge on any atom is 0.328 e. The fourth-order valence-corrected chi connectivity index (χ4v) is 2.23. The summed E-state index contributed by atoms with van der Waals surface area (Å²) in [6.07, 6.45) is 3.77. The van der Waals surface area contributed by atoms with Crippen molar-refractivity contribution in [3.63, 3.8) is 0 Å². The highest BCUT2D eigenvalue weighted by Gasteiger charge is 2.07. The number of hydrogen-bond donors (Lipinski definition) is 2. The van der Waals surface area contributed by atoms with Crippen LogP contribution in [0.15, 0.2) is 18.2 Å². The molecule has 0 saturated carbocycles. The molecular weight excluding hydrogens is 238 g/mol. The van der Waals surface area contributed by atoms with Crippen molar-refractivity contribution in [3.05, 3.63) is 46.0 Å². The van der Waals surface area contributed by atoms with E-state index >= 15 is 0 Å². The van der Waals surface area contributed by atoms with Crippen LogP contribution in [0.5, 0.6) is 0 Å². The predicted octanol–water partition coefficient (Wildman–Crippen LogP) is 2.69. The molecule has 0 aliphatic carbocycles. The number of aliphatic carboxylic acids is 1. The Morgan fingerprint density at radius 3 is 2.32 bits per heavy atom. The number of benzene rings is 1. The summed E-state index contributed by atoms with van der Waals surface area (Å²) in [7, 11) is 0. The quantitative estimate of drug-likeness (QED) is 0.611. The molecule has 0 unspecified atom stereocenters. The highest BCUT2D eigenvalue weighted by atomic mass is 16.4. The molecule has 0 saturated heterocycles. The lowest BCUT2D eigenvalue weighted by molar-refractivity contribution is -0.131. The lowest BCUT2D eigenvalue weighted by Crippen LogP contribution is -2.18. The number of rotatable bonds is 6. The minimum Gasteiger partial charge on any atom is -0.478 e. The minimum atomic E-state index is -0.900. The number of carbonyl (C=O) groups is 1. The Balaban J connectivity index is 2.56. The molecule has 0 radical (unpaired) electrons. The molecule has 3 nitrogen and oxygen atoms in total. The van der Waals surface area contributed by atoms with Crippen LogP contribution >= 0.6 is 0 Å². The maximum atomic E-state index is 10.3. The average molecular weight is 261 g/mol. The van der Waals surface area contributed by atoms with E-state index in [4.69, 9.17) is 5.11 Å². The van der Waals surface area contributed by atoms with Gasteiger partial charge in [0.25, 0.3) is 0 Å². The smallest absolute Gasteiger partial charge is 0.328 e. The Morgan fingerprint density at radius 2 is 1.79 bits per heavy atom. The van der Waals surface area contributed by atoms with E-state index in [0.717, 1.165) is 13.0 Å². The summed E-state index contributed by atoms with van der Waals surface area (Å²) in [4.78, 5) is 10.3. The van der Waals surface area contributed by atoms with Gasteiger partial charge in [-0.15, -0.1) is 0 Å². The van der Waals surface area contributed by atoms with Crippen LogP contribution in [0.25, 0.3) is 0 Å². The number of carboxylic acids is 1. The van der Waals surface area contributed by atoms with Gasteiger partial charge in [-0.2, -0.15) is 0 Å². The van der Waals surface area contributed by atoms with E-state index in [1.54, 1.807) is 6.08 Å². The van der Waals surface area contributed by atoms with Crippen LogP contribution in [0.2, 0.25) is 0 Å². The lowest BCUT2D eigenvalue weighted by Gasteiger charge is -2.15. The molecule has 0 fully saturated rings. The lowest BCUT2D eigenvalue weighted by atomic mass is 9.92. The molecule has 0 aromatic heterocycles. The molecule has 0 aliphatic rings. The van der Waals surface area contributed by atoms with Crippen molar-refractivity contribution in [2.24, 2.45) is 0 Å². The summed E-state index contributed by atoms with van der Waals surface area (Å²) in [5.74, 6) is -0.900. The Morgan fingerprint density at radius 1 is 1.21 bits per heavy atom. The van der Waals surface area contributed by atoms with Gasteiger partial charge in [-0.05, 0) is 68.5 Å². The first-order valence-electron chi connectivity index (χ1n) is 6.60. The van der Waals surface area contributed by atoms with E-state index in [1.165, 1.54) is 33.9 Å². The molecule has 0 aliphatic heterocycles. The van der Waals surface area contributed by atoms with Gasteiger partial charge in [0.15, 0.2) is 0 Å². The summed E-state index contributed by atoms with van der Waals surface area (Å²) in [5.41, 5.74) is 6.82. The van der Waals surface area contributed by atoms with E-state index in [-0.39, 0.29) is 0 Å². The number of carboxylic acid groups (broad SMARTS) is 1. The van der Waals surface area contributed by atoms with Crippen molar-refractivity contribution in [1.82, 2.24) is 5.32 Å². The molecule has 2 N–H and O–H groups in total. The molecule has 104 valence electrons. The first-order valence-corrected chi connectivity index (χ1v) is 6.60. The Kier molecular flexibility index (Phi) is 5.77. The molecule has 1 aromatic rings. The standard InChI is InChI=1S/C16H23NO2/c1-11-10-12(2)14(4)15(13(11)3)7-9-17-8-5-6-16(18)19/h5-6,10,17H,7-9H2,1-4H3,(H,18,19)/b6-5+. The number of hydrogen-bond acceptors (Lipinski definition) is 2. The van der Waals surface area contributed by atoms with Gasteiger partial charge in [-0.3, -0.25) is 0 Å². The summed E-state index contributed by atoms with van der Waals surface area (Å²) in [5, 5.41) is 11.7. The third-order valence-corrected chi connectivity index (χ3v) is 3.60. The van der Waals surface area contributed by atoms with Gasteiger partial charge in [-0.1, -0.05) is 12.1 Å². The molecule has 0 spiro atoms. The van der Waals surface area contributed by atoms with E-state index in [1.807, 2.05) is 0 Å². The number of nitrogens with one attached hydrogen (secondary N) is 1. The van der Waals surface area contributed by atoms with Crippen LogP contribution in [-0.2, 0) is 11.2 Å². The van der Waals surface area contributed by atoms with E-state index in [9.17, 15) is 4.79 Å². The third kappa shape index (κ3) is 4.52. The van der Waals surface area contributed by atoms with Gasteiger partial charge < -0.3 is 10.4 Å². The van der Waals surface area contributed by atoms with E-state index in [0.29, 0.717) is 6.54 Å². The van der Waals surface area contributed by atoms with Crippen LogP contribution in [0.4, 0.5) is 0 Å². The summed E-state index contributed by atoms with van der Waals surface area (Å²) in [6, 6.07) is 2.23. The van der Waals surface area contributed by atoms with Crippen LogP contribution in [0, 0.1) is 27.7 Å². The van der Waals surface area contributed by atoms with Crippen molar-refractivity contribution in [2.75, 3.05) is 13.1 Å². The SMILES string of the molecule is Cc1cc(C)c(C)c(CCNC/C=C/C(=O)O)c1C.